The lowest BCUT2D eigenvalue weighted by molar-refractivity contribution is 0.427. The lowest BCUT2D eigenvalue weighted by Crippen LogP contribution is -2.31. The number of halogens is 1. The molecule has 0 bridgehead atoms. The largest absolute Gasteiger partial charge is 0.243 e. The zero-order chi connectivity index (χ0) is 13.8. The molecule has 0 saturated carbocycles. The Labute approximate surface area is 107 Å². The second kappa shape index (κ2) is 5.94. The van der Waals surface area contributed by atoms with E-state index in [2.05, 4.69) is 0 Å². The van der Waals surface area contributed by atoms with E-state index in [-0.39, 0.29) is 10.5 Å². The van der Waals surface area contributed by atoms with Gasteiger partial charge in [-0.15, -0.1) is 0 Å². The normalized spacial score (nSPS) is 11.5. The van der Waals surface area contributed by atoms with Crippen molar-refractivity contribution in [3.8, 4) is 6.07 Å². The highest BCUT2D eigenvalue weighted by atomic mass is 32.2. The van der Waals surface area contributed by atoms with E-state index >= 15 is 0 Å². The predicted octanol–water partition coefficient (Wildman–Crippen LogP) is 2.12. The summed E-state index contributed by atoms with van der Waals surface area (Å²) in [6.45, 7) is 4.36. The number of sulfonamides is 1. The number of nitrogens with zero attached hydrogens (tertiary/aromatic N) is 2. The van der Waals surface area contributed by atoms with Gasteiger partial charge in [-0.05, 0) is 24.6 Å². The molecule has 0 heterocycles. The van der Waals surface area contributed by atoms with Crippen molar-refractivity contribution in [1.82, 2.24) is 4.31 Å². The molecule has 0 atom stereocenters. The van der Waals surface area contributed by atoms with Crippen LogP contribution in [-0.2, 0) is 10.0 Å². The highest BCUT2D eigenvalue weighted by Crippen LogP contribution is 2.18. The van der Waals surface area contributed by atoms with E-state index in [1.54, 1.807) is 13.0 Å². The quantitative estimate of drug-likeness (QED) is 0.823. The van der Waals surface area contributed by atoms with Crippen molar-refractivity contribution in [3.63, 3.8) is 0 Å². The summed E-state index contributed by atoms with van der Waals surface area (Å²) in [5.74, 6) is -0.713. The van der Waals surface area contributed by atoms with Gasteiger partial charge in [-0.2, -0.15) is 9.57 Å². The number of rotatable bonds is 5. The minimum atomic E-state index is -3.65. The summed E-state index contributed by atoms with van der Waals surface area (Å²) in [5.41, 5.74) is -0.261. The first-order chi connectivity index (χ1) is 8.47. The lowest BCUT2D eigenvalue weighted by Gasteiger charge is -2.19. The topological polar surface area (TPSA) is 61.2 Å². The molecule has 0 aromatic heterocycles. The van der Waals surface area contributed by atoms with Crippen molar-refractivity contribution >= 4 is 10.0 Å². The molecule has 0 aliphatic heterocycles. The number of hydrogen-bond donors (Lipinski definition) is 0. The maximum absolute atomic E-state index is 13.2. The third-order valence-corrected chi connectivity index (χ3v) is 4.49. The van der Waals surface area contributed by atoms with E-state index in [4.69, 9.17) is 5.26 Å². The second-order valence-corrected chi connectivity index (χ2v) is 5.69. The zero-order valence-electron chi connectivity index (χ0n) is 10.4. The molecule has 1 rings (SSSR count). The van der Waals surface area contributed by atoms with Crippen molar-refractivity contribution in [2.24, 2.45) is 0 Å². The number of benzene rings is 1. The molecule has 0 amide bonds. The SMILES string of the molecule is CCCN(CC)S(=O)(=O)c1ccc(F)c(C#N)c1. The predicted molar refractivity (Wildman–Crippen MR) is 65.8 cm³/mol. The molecule has 0 aliphatic carbocycles. The highest BCUT2D eigenvalue weighted by Gasteiger charge is 2.23. The van der Waals surface area contributed by atoms with Gasteiger partial charge in [0, 0.05) is 13.1 Å². The van der Waals surface area contributed by atoms with Gasteiger partial charge in [0.25, 0.3) is 0 Å². The fourth-order valence-electron chi connectivity index (χ4n) is 1.60. The minimum Gasteiger partial charge on any atom is -0.207 e. The zero-order valence-corrected chi connectivity index (χ0v) is 11.2. The first-order valence-corrected chi connectivity index (χ1v) is 7.11. The highest BCUT2D eigenvalue weighted by molar-refractivity contribution is 7.89. The van der Waals surface area contributed by atoms with Crippen LogP contribution in [0.2, 0.25) is 0 Å². The molecule has 1 aromatic rings. The van der Waals surface area contributed by atoms with Crippen LogP contribution in [0.5, 0.6) is 0 Å². The van der Waals surface area contributed by atoms with Gasteiger partial charge in [0.15, 0.2) is 0 Å². The minimum absolute atomic E-state index is 0.0456. The Morgan fingerprint density at radius 3 is 2.56 bits per heavy atom. The van der Waals surface area contributed by atoms with Crippen LogP contribution in [0.15, 0.2) is 23.1 Å². The van der Waals surface area contributed by atoms with Gasteiger partial charge >= 0.3 is 0 Å². The Morgan fingerprint density at radius 2 is 2.06 bits per heavy atom. The van der Waals surface area contributed by atoms with Gasteiger partial charge in [-0.1, -0.05) is 13.8 Å². The Balaban J connectivity index is 3.24. The Kier molecular flexibility index (Phi) is 4.82. The molecule has 0 unspecified atom stereocenters. The van der Waals surface area contributed by atoms with Gasteiger partial charge in [0.2, 0.25) is 10.0 Å². The van der Waals surface area contributed by atoms with Crippen molar-refractivity contribution in [2.45, 2.75) is 25.2 Å². The first-order valence-electron chi connectivity index (χ1n) is 5.67. The van der Waals surface area contributed by atoms with Gasteiger partial charge in [0.1, 0.15) is 11.9 Å². The van der Waals surface area contributed by atoms with Crippen molar-refractivity contribution in [1.29, 1.82) is 5.26 Å². The van der Waals surface area contributed by atoms with E-state index in [0.29, 0.717) is 19.5 Å². The third-order valence-electron chi connectivity index (χ3n) is 2.52. The maximum Gasteiger partial charge on any atom is 0.243 e. The van der Waals surface area contributed by atoms with Gasteiger partial charge in [0.05, 0.1) is 10.5 Å². The van der Waals surface area contributed by atoms with E-state index in [9.17, 15) is 12.8 Å². The Hall–Kier alpha value is -1.45. The molecule has 0 saturated heterocycles. The number of nitriles is 1. The average molecular weight is 270 g/mol. The van der Waals surface area contributed by atoms with E-state index in [0.717, 1.165) is 12.1 Å². The lowest BCUT2D eigenvalue weighted by atomic mass is 10.2. The summed E-state index contributed by atoms with van der Waals surface area (Å²) in [5, 5.41) is 8.71. The molecular formula is C12H15FN2O2S. The first kappa shape index (κ1) is 14.6. The molecule has 0 spiro atoms. The van der Waals surface area contributed by atoms with E-state index in [1.807, 2.05) is 6.92 Å². The molecule has 1 aromatic carbocycles. The average Bonchev–Trinajstić information content (AvgIpc) is 2.35. The third kappa shape index (κ3) is 2.86. The van der Waals surface area contributed by atoms with Crippen LogP contribution in [0.3, 0.4) is 0 Å². The second-order valence-electron chi connectivity index (χ2n) is 3.75. The van der Waals surface area contributed by atoms with Crippen molar-refractivity contribution < 1.29 is 12.8 Å². The molecule has 6 heteroatoms. The Morgan fingerprint density at radius 1 is 1.39 bits per heavy atom. The van der Waals surface area contributed by atoms with Crippen molar-refractivity contribution in [3.05, 3.63) is 29.6 Å². The summed E-state index contributed by atoms with van der Waals surface area (Å²) in [7, 11) is -3.65. The summed E-state index contributed by atoms with van der Waals surface area (Å²) in [6.07, 6.45) is 0.694. The summed E-state index contributed by atoms with van der Waals surface area (Å²) in [4.78, 5) is -0.0456. The van der Waals surface area contributed by atoms with Crippen LogP contribution in [0.25, 0.3) is 0 Å². The maximum atomic E-state index is 13.2. The molecule has 0 fully saturated rings. The van der Waals surface area contributed by atoms with Crippen LogP contribution in [0.4, 0.5) is 4.39 Å². The molecule has 0 N–H and O–H groups in total. The fraction of sp³-hybridized carbons (Fsp3) is 0.417. The molecule has 98 valence electrons. The molecule has 0 radical (unpaired) electrons. The molecule has 0 aliphatic rings. The van der Waals surface area contributed by atoms with Gasteiger partial charge in [-0.25, -0.2) is 12.8 Å². The van der Waals surface area contributed by atoms with Crippen LogP contribution in [0, 0.1) is 17.1 Å². The van der Waals surface area contributed by atoms with Crippen LogP contribution >= 0.6 is 0 Å². The van der Waals surface area contributed by atoms with Crippen LogP contribution < -0.4 is 0 Å². The number of hydrogen-bond acceptors (Lipinski definition) is 3. The standard InChI is InChI=1S/C12H15FN2O2S/c1-3-7-15(4-2)18(16,17)11-5-6-12(13)10(8-11)9-14/h5-6,8H,3-4,7H2,1-2H3. The Bertz CT molecular complexity index is 564. The van der Waals surface area contributed by atoms with E-state index < -0.39 is 15.8 Å². The van der Waals surface area contributed by atoms with E-state index in [1.165, 1.54) is 10.4 Å². The van der Waals surface area contributed by atoms with Gasteiger partial charge < -0.3 is 0 Å². The summed E-state index contributed by atoms with van der Waals surface area (Å²) < 4.78 is 38.9. The van der Waals surface area contributed by atoms with Crippen molar-refractivity contribution in [2.75, 3.05) is 13.1 Å². The smallest absolute Gasteiger partial charge is 0.207 e. The molecule has 18 heavy (non-hydrogen) atoms. The fourth-order valence-corrected chi connectivity index (χ4v) is 3.17. The summed E-state index contributed by atoms with van der Waals surface area (Å²) in [6, 6.07) is 4.90. The van der Waals surface area contributed by atoms with Crippen LogP contribution in [-0.4, -0.2) is 25.8 Å². The monoisotopic (exact) mass is 270 g/mol. The molecular weight excluding hydrogens is 255 g/mol. The van der Waals surface area contributed by atoms with Gasteiger partial charge in [-0.3, -0.25) is 0 Å². The van der Waals surface area contributed by atoms with Crippen LogP contribution in [0.1, 0.15) is 25.8 Å². The summed E-state index contributed by atoms with van der Waals surface area (Å²) >= 11 is 0. The molecule has 4 nitrogen and oxygen atoms in total.